The highest BCUT2D eigenvalue weighted by Crippen LogP contribution is 2.16. The van der Waals surface area contributed by atoms with Crippen molar-refractivity contribution in [3.05, 3.63) is 34.9 Å². The van der Waals surface area contributed by atoms with Crippen molar-refractivity contribution in [2.24, 2.45) is 0 Å². The first kappa shape index (κ1) is 15.2. The van der Waals surface area contributed by atoms with E-state index in [0.29, 0.717) is 18.8 Å². The van der Waals surface area contributed by atoms with E-state index in [-0.39, 0.29) is 23.3 Å². The maximum absolute atomic E-state index is 12.2. The zero-order chi connectivity index (χ0) is 15.2. The van der Waals surface area contributed by atoms with Crippen molar-refractivity contribution in [3.63, 3.8) is 0 Å². The highest BCUT2D eigenvalue weighted by molar-refractivity contribution is 5.82. The zero-order valence-corrected chi connectivity index (χ0v) is 12.0. The van der Waals surface area contributed by atoms with Crippen LogP contribution < -0.4 is 16.6 Å². The quantitative estimate of drug-likeness (QED) is 0.622. The molecule has 1 aliphatic rings. The van der Waals surface area contributed by atoms with Gasteiger partial charge in [-0.3, -0.25) is 14.5 Å². The number of likely N-dealkylation sites (tertiary alicyclic amines) is 1. The molecule has 114 valence electrons. The Morgan fingerprint density at radius 2 is 2.48 bits per heavy atom. The van der Waals surface area contributed by atoms with Crippen LogP contribution in [0.15, 0.2) is 23.5 Å². The molecule has 4 N–H and O–H groups in total. The summed E-state index contributed by atoms with van der Waals surface area (Å²) in [6.45, 7) is 5.78. The maximum atomic E-state index is 12.2. The SMILES string of the molecule is C=CCN1CCC[C@H]1C(=O)NCCc1nc(N)cc(=O)[nH]1. The summed E-state index contributed by atoms with van der Waals surface area (Å²) >= 11 is 0. The Bertz CT molecular complexity index is 569. The summed E-state index contributed by atoms with van der Waals surface area (Å²) in [7, 11) is 0. The van der Waals surface area contributed by atoms with Crippen molar-refractivity contribution in [1.29, 1.82) is 0 Å². The van der Waals surface area contributed by atoms with Gasteiger partial charge in [-0.1, -0.05) is 6.08 Å². The molecular formula is C14H21N5O2. The van der Waals surface area contributed by atoms with E-state index in [4.69, 9.17) is 5.73 Å². The first-order valence-electron chi connectivity index (χ1n) is 7.08. The molecule has 1 atom stereocenters. The van der Waals surface area contributed by atoms with Gasteiger partial charge in [-0.25, -0.2) is 4.98 Å². The minimum Gasteiger partial charge on any atom is -0.383 e. The lowest BCUT2D eigenvalue weighted by Crippen LogP contribution is -2.43. The summed E-state index contributed by atoms with van der Waals surface area (Å²) in [6, 6.07) is 1.14. The fraction of sp³-hybridized carbons (Fsp3) is 0.500. The average Bonchev–Trinajstić information content (AvgIpc) is 2.86. The number of H-pyrrole nitrogens is 1. The highest BCUT2D eigenvalue weighted by Gasteiger charge is 2.29. The van der Waals surface area contributed by atoms with E-state index in [9.17, 15) is 9.59 Å². The van der Waals surface area contributed by atoms with Gasteiger partial charge < -0.3 is 16.0 Å². The number of amides is 1. The second kappa shape index (κ2) is 7.03. The number of hydrogen-bond acceptors (Lipinski definition) is 5. The molecular weight excluding hydrogens is 270 g/mol. The van der Waals surface area contributed by atoms with Crippen molar-refractivity contribution >= 4 is 11.7 Å². The van der Waals surface area contributed by atoms with E-state index in [1.165, 1.54) is 6.07 Å². The van der Waals surface area contributed by atoms with Crippen molar-refractivity contribution in [1.82, 2.24) is 20.2 Å². The van der Waals surface area contributed by atoms with Crippen LogP contribution in [0.25, 0.3) is 0 Å². The second-order valence-corrected chi connectivity index (χ2v) is 5.10. The molecule has 1 aromatic rings. The van der Waals surface area contributed by atoms with Crippen LogP contribution >= 0.6 is 0 Å². The number of aromatic nitrogens is 2. The minimum atomic E-state index is -0.281. The van der Waals surface area contributed by atoms with Crippen molar-refractivity contribution in [2.45, 2.75) is 25.3 Å². The third kappa shape index (κ3) is 4.16. The Hall–Kier alpha value is -2.15. The first-order valence-corrected chi connectivity index (χ1v) is 7.08. The van der Waals surface area contributed by atoms with Gasteiger partial charge in [-0.2, -0.15) is 0 Å². The molecule has 1 fully saturated rings. The van der Waals surface area contributed by atoms with E-state index < -0.39 is 0 Å². The van der Waals surface area contributed by atoms with Gasteiger partial charge in [0.05, 0.1) is 6.04 Å². The number of nitrogens with one attached hydrogen (secondary N) is 2. The van der Waals surface area contributed by atoms with Gasteiger partial charge in [0.15, 0.2) is 0 Å². The van der Waals surface area contributed by atoms with E-state index in [2.05, 4.69) is 26.8 Å². The van der Waals surface area contributed by atoms with Gasteiger partial charge in [0, 0.05) is 25.6 Å². The predicted octanol–water partition coefficient (Wildman–Crippen LogP) is -0.339. The minimum absolute atomic E-state index is 0.0144. The smallest absolute Gasteiger partial charge is 0.252 e. The van der Waals surface area contributed by atoms with Gasteiger partial charge in [-0.05, 0) is 19.4 Å². The van der Waals surface area contributed by atoms with E-state index in [1.807, 2.05) is 6.08 Å². The molecule has 7 heteroatoms. The fourth-order valence-corrected chi connectivity index (χ4v) is 2.58. The van der Waals surface area contributed by atoms with E-state index in [1.54, 1.807) is 0 Å². The average molecular weight is 291 g/mol. The number of carbonyl (C=O) groups is 1. The van der Waals surface area contributed by atoms with Crippen molar-refractivity contribution in [3.8, 4) is 0 Å². The largest absolute Gasteiger partial charge is 0.383 e. The first-order chi connectivity index (χ1) is 10.1. The molecule has 2 heterocycles. The summed E-state index contributed by atoms with van der Waals surface area (Å²) < 4.78 is 0. The van der Waals surface area contributed by atoms with Gasteiger partial charge in [0.2, 0.25) is 5.91 Å². The summed E-state index contributed by atoms with van der Waals surface area (Å²) in [5, 5.41) is 2.88. The molecule has 0 unspecified atom stereocenters. The summed E-state index contributed by atoms with van der Waals surface area (Å²) in [4.78, 5) is 32.1. The Labute approximate surface area is 123 Å². The van der Waals surface area contributed by atoms with E-state index in [0.717, 1.165) is 25.9 Å². The number of nitrogens with zero attached hydrogens (tertiary/aromatic N) is 2. The molecule has 7 nitrogen and oxygen atoms in total. The predicted molar refractivity (Wildman–Crippen MR) is 80.8 cm³/mol. The van der Waals surface area contributed by atoms with Crippen LogP contribution in [0.3, 0.4) is 0 Å². The van der Waals surface area contributed by atoms with Crippen molar-refractivity contribution in [2.75, 3.05) is 25.4 Å². The molecule has 1 saturated heterocycles. The molecule has 0 bridgehead atoms. The van der Waals surface area contributed by atoms with Crippen molar-refractivity contribution < 1.29 is 4.79 Å². The summed E-state index contributed by atoms with van der Waals surface area (Å²) in [5.41, 5.74) is 5.23. The molecule has 1 aliphatic heterocycles. The number of nitrogen functional groups attached to an aromatic ring is 1. The molecule has 1 amide bonds. The van der Waals surface area contributed by atoms with Gasteiger partial charge in [0.25, 0.3) is 5.56 Å². The third-order valence-electron chi connectivity index (χ3n) is 3.50. The summed E-state index contributed by atoms with van der Waals surface area (Å²) in [5.74, 6) is 0.684. The summed E-state index contributed by atoms with van der Waals surface area (Å²) in [6.07, 6.45) is 4.15. The molecule has 0 aliphatic carbocycles. The van der Waals surface area contributed by atoms with Crippen LogP contribution in [-0.2, 0) is 11.2 Å². The van der Waals surface area contributed by atoms with Crippen LogP contribution in [0.2, 0.25) is 0 Å². The standard InChI is InChI=1S/C14H21N5O2/c1-2-7-19-8-3-4-10(19)14(21)16-6-5-12-17-11(15)9-13(20)18-12/h2,9-10H,1,3-8H2,(H,16,21)(H3,15,17,18,20)/t10-/m0/s1. The lowest BCUT2D eigenvalue weighted by Gasteiger charge is -2.21. The van der Waals surface area contributed by atoms with Gasteiger partial charge >= 0.3 is 0 Å². The Kier molecular flexibility index (Phi) is 5.10. The molecule has 21 heavy (non-hydrogen) atoms. The molecule has 0 spiro atoms. The van der Waals surface area contributed by atoms with Gasteiger partial charge in [0.1, 0.15) is 11.6 Å². The van der Waals surface area contributed by atoms with Crippen LogP contribution in [0.4, 0.5) is 5.82 Å². The third-order valence-corrected chi connectivity index (χ3v) is 3.50. The number of nitrogens with two attached hydrogens (primary N) is 1. The normalized spacial score (nSPS) is 18.6. The molecule has 0 saturated carbocycles. The molecule has 0 radical (unpaired) electrons. The molecule has 1 aromatic heterocycles. The Morgan fingerprint density at radius 3 is 3.19 bits per heavy atom. The van der Waals surface area contributed by atoms with E-state index >= 15 is 0 Å². The van der Waals surface area contributed by atoms with Crippen LogP contribution in [0.1, 0.15) is 18.7 Å². The number of aromatic amines is 1. The Balaban J connectivity index is 1.84. The Morgan fingerprint density at radius 1 is 1.67 bits per heavy atom. The molecule has 2 rings (SSSR count). The van der Waals surface area contributed by atoms with Crippen LogP contribution in [0, 0.1) is 0 Å². The topological polar surface area (TPSA) is 104 Å². The van der Waals surface area contributed by atoms with Crippen LogP contribution in [-0.4, -0.2) is 46.5 Å². The second-order valence-electron chi connectivity index (χ2n) is 5.10. The number of hydrogen-bond donors (Lipinski definition) is 3. The maximum Gasteiger partial charge on any atom is 0.252 e. The van der Waals surface area contributed by atoms with Crippen LogP contribution in [0.5, 0.6) is 0 Å². The lowest BCUT2D eigenvalue weighted by molar-refractivity contribution is -0.125. The molecule has 0 aromatic carbocycles. The van der Waals surface area contributed by atoms with Gasteiger partial charge in [-0.15, -0.1) is 6.58 Å². The fourth-order valence-electron chi connectivity index (χ4n) is 2.58. The number of rotatable bonds is 6. The highest BCUT2D eigenvalue weighted by atomic mass is 16.2. The number of carbonyl (C=O) groups excluding carboxylic acids is 1. The lowest BCUT2D eigenvalue weighted by atomic mass is 10.2. The monoisotopic (exact) mass is 291 g/mol. The zero-order valence-electron chi connectivity index (χ0n) is 12.0. The number of anilines is 1.